The van der Waals surface area contributed by atoms with Crippen molar-refractivity contribution in [1.82, 2.24) is 0 Å². The van der Waals surface area contributed by atoms with E-state index in [0.29, 0.717) is 11.3 Å². The van der Waals surface area contributed by atoms with E-state index < -0.39 is 23.2 Å². The summed E-state index contributed by atoms with van der Waals surface area (Å²) in [4.78, 5) is 11.2. The van der Waals surface area contributed by atoms with Gasteiger partial charge in [0.25, 0.3) is 0 Å². The Morgan fingerprint density at radius 3 is 2.15 bits per heavy atom. The third kappa shape index (κ3) is 2.18. The van der Waals surface area contributed by atoms with Gasteiger partial charge in [-0.05, 0) is 23.8 Å². The molecule has 6 heteroatoms. The van der Waals surface area contributed by atoms with Gasteiger partial charge in [0.05, 0.1) is 12.7 Å². The smallest absolute Gasteiger partial charge is 0.336 e. The maximum Gasteiger partial charge on any atom is 0.336 e. The summed E-state index contributed by atoms with van der Waals surface area (Å²) >= 11 is 0. The van der Waals surface area contributed by atoms with Crippen LogP contribution < -0.4 is 4.74 Å². The Kier molecular flexibility index (Phi) is 3.39. The largest absolute Gasteiger partial charge is 0.504 e. The predicted octanol–water partition coefficient (Wildman–Crippen LogP) is 2.18. The number of phenols is 3. The Balaban J connectivity index is 2.70. The van der Waals surface area contributed by atoms with Gasteiger partial charge in [0, 0.05) is 5.56 Å². The monoisotopic (exact) mass is 276 g/mol. The Hall–Kier alpha value is -2.89. The lowest BCUT2D eigenvalue weighted by Crippen LogP contribution is -2.00. The van der Waals surface area contributed by atoms with Crippen molar-refractivity contribution in [2.24, 2.45) is 0 Å². The van der Waals surface area contributed by atoms with E-state index in [1.807, 2.05) is 0 Å². The van der Waals surface area contributed by atoms with E-state index in [9.17, 15) is 20.1 Å². The van der Waals surface area contributed by atoms with Crippen molar-refractivity contribution in [1.29, 1.82) is 0 Å². The van der Waals surface area contributed by atoms with Crippen LogP contribution >= 0.6 is 0 Å². The number of ether oxygens (including phenoxy) is 1. The summed E-state index contributed by atoms with van der Waals surface area (Å²) in [5.41, 5.74) is -0.0191. The number of rotatable bonds is 3. The minimum absolute atomic E-state index is 0.0737. The molecule has 4 N–H and O–H groups in total. The number of carboxylic acid groups (broad SMARTS) is 1. The predicted molar refractivity (Wildman–Crippen MR) is 70.4 cm³/mol. The van der Waals surface area contributed by atoms with Crippen molar-refractivity contribution in [3.8, 4) is 34.1 Å². The van der Waals surface area contributed by atoms with E-state index >= 15 is 0 Å². The quantitative estimate of drug-likeness (QED) is 0.640. The average molecular weight is 276 g/mol. The average Bonchev–Trinajstić information content (AvgIpc) is 2.44. The van der Waals surface area contributed by atoms with Gasteiger partial charge in [-0.3, -0.25) is 0 Å². The zero-order valence-electron chi connectivity index (χ0n) is 10.5. The normalized spacial score (nSPS) is 10.2. The zero-order chi connectivity index (χ0) is 14.9. The highest BCUT2D eigenvalue weighted by molar-refractivity contribution is 5.99. The summed E-state index contributed by atoms with van der Waals surface area (Å²) in [5.74, 6) is -2.92. The zero-order valence-corrected chi connectivity index (χ0v) is 10.5. The van der Waals surface area contributed by atoms with Crippen LogP contribution in [0.5, 0.6) is 23.0 Å². The van der Waals surface area contributed by atoms with Crippen molar-refractivity contribution in [2.75, 3.05) is 7.11 Å². The summed E-state index contributed by atoms with van der Waals surface area (Å²) in [7, 11) is 1.49. The van der Waals surface area contributed by atoms with Crippen LogP contribution in [0.1, 0.15) is 10.4 Å². The second-order valence-electron chi connectivity index (χ2n) is 4.05. The topological polar surface area (TPSA) is 107 Å². The van der Waals surface area contributed by atoms with Crippen LogP contribution in [0.25, 0.3) is 11.1 Å². The number of phenolic OH excluding ortho intramolecular Hbond substituents is 3. The molecule has 2 rings (SSSR count). The fourth-order valence-corrected chi connectivity index (χ4v) is 1.86. The summed E-state index contributed by atoms with van der Waals surface area (Å²) in [5, 5.41) is 38.0. The minimum Gasteiger partial charge on any atom is -0.504 e. The molecular formula is C14H12O6. The molecule has 0 spiro atoms. The Bertz CT molecular complexity index is 660. The van der Waals surface area contributed by atoms with Gasteiger partial charge in [-0.1, -0.05) is 12.1 Å². The lowest BCUT2D eigenvalue weighted by Gasteiger charge is -2.12. The Labute approximate surface area is 114 Å². The van der Waals surface area contributed by atoms with Crippen molar-refractivity contribution >= 4 is 5.97 Å². The first-order valence-electron chi connectivity index (χ1n) is 5.61. The second kappa shape index (κ2) is 5.00. The van der Waals surface area contributed by atoms with Crippen LogP contribution in [0.3, 0.4) is 0 Å². The fourth-order valence-electron chi connectivity index (χ4n) is 1.86. The lowest BCUT2D eigenvalue weighted by atomic mass is 9.97. The maximum absolute atomic E-state index is 11.2. The van der Waals surface area contributed by atoms with Gasteiger partial charge >= 0.3 is 5.97 Å². The van der Waals surface area contributed by atoms with Crippen LogP contribution in [0.2, 0.25) is 0 Å². The number of aromatic hydroxyl groups is 3. The Morgan fingerprint density at radius 2 is 1.65 bits per heavy atom. The van der Waals surface area contributed by atoms with E-state index in [1.54, 1.807) is 12.1 Å². The first-order valence-corrected chi connectivity index (χ1v) is 5.61. The first kappa shape index (κ1) is 13.5. The number of aromatic carboxylic acids is 1. The molecule has 0 aliphatic carbocycles. The van der Waals surface area contributed by atoms with Crippen molar-refractivity contribution in [3.63, 3.8) is 0 Å². The highest BCUT2D eigenvalue weighted by Crippen LogP contribution is 2.45. The van der Waals surface area contributed by atoms with Crippen molar-refractivity contribution in [3.05, 3.63) is 35.9 Å². The molecule has 2 aromatic carbocycles. The molecule has 20 heavy (non-hydrogen) atoms. The molecule has 0 saturated heterocycles. The molecule has 2 aromatic rings. The molecule has 6 nitrogen and oxygen atoms in total. The second-order valence-corrected chi connectivity index (χ2v) is 4.05. The number of hydrogen-bond donors (Lipinski definition) is 4. The van der Waals surface area contributed by atoms with Gasteiger partial charge in [-0.25, -0.2) is 4.79 Å². The highest BCUT2D eigenvalue weighted by atomic mass is 16.5. The molecule has 0 amide bonds. The van der Waals surface area contributed by atoms with Crippen LogP contribution in [-0.2, 0) is 0 Å². The summed E-state index contributed by atoms with van der Waals surface area (Å²) in [6.45, 7) is 0. The van der Waals surface area contributed by atoms with E-state index in [0.717, 1.165) is 6.07 Å². The number of benzene rings is 2. The molecule has 0 saturated carbocycles. The SMILES string of the molecule is COc1ccc(-c2c(C(=O)O)cc(O)c(O)c2O)cc1. The van der Waals surface area contributed by atoms with Gasteiger partial charge in [0.2, 0.25) is 5.75 Å². The molecule has 0 aliphatic heterocycles. The summed E-state index contributed by atoms with van der Waals surface area (Å²) in [6.07, 6.45) is 0. The molecule has 0 unspecified atom stereocenters. The van der Waals surface area contributed by atoms with Crippen molar-refractivity contribution < 1.29 is 30.0 Å². The fraction of sp³-hybridized carbons (Fsp3) is 0.0714. The summed E-state index contributed by atoms with van der Waals surface area (Å²) < 4.78 is 4.99. The number of methoxy groups -OCH3 is 1. The molecule has 0 fully saturated rings. The molecule has 0 aromatic heterocycles. The lowest BCUT2D eigenvalue weighted by molar-refractivity contribution is 0.0697. The molecule has 0 radical (unpaired) electrons. The van der Waals surface area contributed by atoms with Gasteiger partial charge < -0.3 is 25.2 Å². The van der Waals surface area contributed by atoms with Crippen molar-refractivity contribution in [2.45, 2.75) is 0 Å². The Morgan fingerprint density at radius 1 is 1.05 bits per heavy atom. The first-order chi connectivity index (χ1) is 9.45. The molecule has 104 valence electrons. The van der Waals surface area contributed by atoms with E-state index in [1.165, 1.54) is 19.2 Å². The van der Waals surface area contributed by atoms with Crippen LogP contribution in [-0.4, -0.2) is 33.5 Å². The van der Waals surface area contributed by atoms with E-state index in [4.69, 9.17) is 9.84 Å². The molecule has 0 aliphatic rings. The van der Waals surface area contributed by atoms with Crippen LogP contribution in [0.15, 0.2) is 30.3 Å². The standard InChI is InChI=1S/C14H12O6/c1-20-8-4-2-7(3-5-8)11-9(14(18)19)6-10(15)12(16)13(11)17/h2-6,15-17H,1H3,(H,18,19). The highest BCUT2D eigenvalue weighted by Gasteiger charge is 2.22. The third-order valence-corrected chi connectivity index (χ3v) is 2.86. The number of hydrogen-bond acceptors (Lipinski definition) is 5. The van der Waals surface area contributed by atoms with Crippen LogP contribution in [0, 0.1) is 0 Å². The number of carboxylic acids is 1. The molecule has 0 heterocycles. The number of carbonyl (C=O) groups is 1. The molecule has 0 bridgehead atoms. The van der Waals surface area contributed by atoms with Gasteiger partial charge in [0.1, 0.15) is 5.75 Å². The van der Waals surface area contributed by atoms with Gasteiger partial charge in [0.15, 0.2) is 11.5 Å². The summed E-state index contributed by atoms with van der Waals surface area (Å²) in [6, 6.07) is 7.14. The van der Waals surface area contributed by atoms with Gasteiger partial charge in [-0.2, -0.15) is 0 Å². The molecular weight excluding hydrogens is 264 g/mol. The maximum atomic E-state index is 11.2. The van der Waals surface area contributed by atoms with Crippen LogP contribution in [0.4, 0.5) is 0 Å². The third-order valence-electron chi connectivity index (χ3n) is 2.86. The minimum atomic E-state index is -1.33. The van der Waals surface area contributed by atoms with E-state index in [-0.39, 0.29) is 11.1 Å². The van der Waals surface area contributed by atoms with Gasteiger partial charge in [-0.15, -0.1) is 0 Å². The van der Waals surface area contributed by atoms with E-state index in [2.05, 4.69) is 0 Å². The molecule has 0 atom stereocenters.